The maximum absolute atomic E-state index is 12.9. The molecule has 0 aliphatic rings. The largest absolute Gasteiger partial charge is 0.462 e. The van der Waals surface area contributed by atoms with Crippen LogP contribution < -0.4 is 0 Å². The lowest BCUT2D eigenvalue weighted by molar-refractivity contribution is -0.167. The summed E-state index contributed by atoms with van der Waals surface area (Å²) in [4.78, 5) is 38.3. The molecule has 1 unspecified atom stereocenters. The summed E-state index contributed by atoms with van der Waals surface area (Å²) >= 11 is 0. The first-order valence-corrected chi connectivity index (χ1v) is 35.1. The second kappa shape index (κ2) is 67.9. The number of esters is 3. The van der Waals surface area contributed by atoms with Crippen molar-refractivity contribution in [2.45, 2.75) is 386 Å². The van der Waals surface area contributed by atoms with E-state index < -0.39 is 6.10 Å². The van der Waals surface area contributed by atoms with E-state index in [4.69, 9.17) is 14.2 Å². The Hall–Kier alpha value is -2.63. The molecular formula is C73H134O6. The average Bonchev–Trinajstić information content (AvgIpc) is 3.45. The smallest absolute Gasteiger partial charge is 0.306 e. The third-order valence-corrected chi connectivity index (χ3v) is 15.8. The lowest BCUT2D eigenvalue weighted by Gasteiger charge is -2.18. The summed E-state index contributed by atoms with van der Waals surface area (Å²) < 4.78 is 16.9. The molecule has 0 radical (unpaired) electrons. The van der Waals surface area contributed by atoms with Gasteiger partial charge in [0.2, 0.25) is 0 Å². The Morgan fingerprint density at radius 1 is 0.253 bits per heavy atom. The van der Waals surface area contributed by atoms with Crippen molar-refractivity contribution in [2.75, 3.05) is 13.2 Å². The fourth-order valence-electron chi connectivity index (χ4n) is 10.5. The highest BCUT2D eigenvalue weighted by Crippen LogP contribution is 2.18. The molecule has 1 atom stereocenters. The van der Waals surface area contributed by atoms with Crippen LogP contribution in [0.5, 0.6) is 0 Å². The average molecular weight is 1110 g/mol. The lowest BCUT2D eigenvalue weighted by Crippen LogP contribution is -2.30. The van der Waals surface area contributed by atoms with Crippen LogP contribution in [0.4, 0.5) is 0 Å². The van der Waals surface area contributed by atoms with Crippen molar-refractivity contribution in [1.82, 2.24) is 0 Å². The first kappa shape index (κ1) is 76.4. The molecule has 79 heavy (non-hydrogen) atoms. The molecule has 0 aromatic heterocycles. The molecule has 0 heterocycles. The summed E-state index contributed by atoms with van der Waals surface area (Å²) in [5.74, 6) is -0.873. The minimum Gasteiger partial charge on any atom is -0.462 e. The quantitative estimate of drug-likeness (QED) is 0.0261. The highest BCUT2D eigenvalue weighted by Gasteiger charge is 2.19. The van der Waals surface area contributed by atoms with E-state index in [0.717, 1.165) is 83.5 Å². The second-order valence-electron chi connectivity index (χ2n) is 23.8. The van der Waals surface area contributed by atoms with Gasteiger partial charge in [0.15, 0.2) is 6.10 Å². The molecule has 6 heteroatoms. The van der Waals surface area contributed by atoms with Gasteiger partial charge < -0.3 is 14.2 Å². The Kier molecular flexibility index (Phi) is 65.6. The molecule has 0 aromatic rings. The molecule has 0 saturated heterocycles. The molecule has 462 valence electrons. The highest BCUT2D eigenvalue weighted by atomic mass is 16.6. The van der Waals surface area contributed by atoms with E-state index in [1.54, 1.807) is 0 Å². The van der Waals surface area contributed by atoms with Gasteiger partial charge in [-0.05, 0) is 96.3 Å². The first-order chi connectivity index (χ1) is 39.0. The Labute approximate surface area is 492 Å². The maximum atomic E-state index is 12.9. The number of unbranched alkanes of at least 4 members (excludes halogenated alkanes) is 46. The molecule has 0 fully saturated rings. The third-order valence-electron chi connectivity index (χ3n) is 15.8. The van der Waals surface area contributed by atoms with E-state index >= 15 is 0 Å². The summed E-state index contributed by atoms with van der Waals surface area (Å²) in [6.07, 6.45) is 85.8. The minimum absolute atomic E-state index is 0.0758. The SMILES string of the molecule is CCC/C=C\C/C=C\CCCCCCCC(=O)OCC(COC(=O)CCCCCCCCCCCCCCCCCCCCC/C=C\CCCCCCCCCC)OC(=O)CCCCCCCCC/C=C\CCCCCCCC. The standard InChI is InChI=1S/C73H134O6/c1-4-7-10-13-16-19-22-25-27-29-30-31-32-33-34-35-36-37-38-39-40-41-42-44-45-48-51-54-57-60-63-66-72(75)78-69-70(68-77-71(74)65-62-59-56-53-50-47-24-21-18-15-12-9-6-3)79-73(76)67-64-61-58-55-52-49-46-43-28-26-23-20-17-14-11-8-5-2/h12,15,21,24,26,28-30,70H,4-11,13-14,16-20,22-23,25,27,31-69H2,1-3H3/b15-12-,24-21-,28-26-,30-29-. The summed E-state index contributed by atoms with van der Waals surface area (Å²) in [5.41, 5.74) is 0. The van der Waals surface area contributed by atoms with Crippen molar-refractivity contribution >= 4 is 17.9 Å². The van der Waals surface area contributed by atoms with Crippen LogP contribution in [-0.4, -0.2) is 37.2 Å². The molecule has 0 N–H and O–H groups in total. The zero-order valence-electron chi connectivity index (χ0n) is 53.2. The fraction of sp³-hybridized carbons (Fsp3) is 0.849. The van der Waals surface area contributed by atoms with Gasteiger partial charge in [0.1, 0.15) is 13.2 Å². The van der Waals surface area contributed by atoms with Crippen LogP contribution in [0.25, 0.3) is 0 Å². The number of rotatable bonds is 65. The van der Waals surface area contributed by atoms with Gasteiger partial charge in [-0.1, -0.05) is 313 Å². The van der Waals surface area contributed by atoms with Gasteiger partial charge in [-0.3, -0.25) is 14.4 Å². The number of hydrogen-bond acceptors (Lipinski definition) is 6. The normalized spacial score (nSPS) is 12.3. The van der Waals surface area contributed by atoms with Gasteiger partial charge in [0.05, 0.1) is 0 Å². The molecule has 6 nitrogen and oxygen atoms in total. The number of carbonyl (C=O) groups excluding carboxylic acids is 3. The first-order valence-electron chi connectivity index (χ1n) is 35.1. The molecule has 0 bridgehead atoms. The number of carbonyl (C=O) groups is 3. The van der Waals surface area contributed by atoms with E-state index in [1.165, 1.54) is 257 Å². The van der Waals surface area contributed by atoms with Crippen LogP contribution in [0.1, 0.15) is 380 Å². The van der Waals surface area contributed by atoms with Crippen LogP contribution >= 0.6 is 0 Å². The van der Waals surface area contributed by atoms with Gasteiger partial charge in [0, 0.05) is 19.3 Å². The van der Waals surface area contributed by atoms with Gasteiger partial charge in [-0.25, -0.2) is 0 Å². The predicted octanol–water partition coefficient (Wildman–Crippen LogP) is 24.1. The van der Waals surface area contributed by atoms with Crippen LogP contribution in [0.3, 0.4) is 0 Å². The van der Waals surface area contributed by atoms with E-state index in [0.29, 0.717) is 19.3 Å². The van der Waals surface area contributed by atoms with Gasteiger partial charge in [-0.2, -0.15) is 0 Å². The fourth-order valence-corrected chi connectivity index (χ4v) is 10.5. The lowest BCUT2D eigenvalue weighted by atomic mass is 10.0. The minimum atomic E-state index is -0.780. The molecule has 0 rings (SSSR count). The summed E-state index contributed by atoms with van der Waals surface area (Å²) in [6.45, 7) is 6.61. The Morgan fingerprint density at radius 2 is 0.481 bits per heavy atom. The topological polar surface area (TPSA) is 78.9 Å². The zero-order valence-corrected chi connectivity index (χ0v) is 53.2. The third kappa shape index (κ3) is 66.1. The number of ether oxygens (including phenoxy) is 3. The zero-order chi connectivity index (χ0) is 57.1. The van der Waals surface area contributed by atoms with Crippen molar-refractivity contribution < 1.29 is 28.6 Å². The monoisotopic (exact) mass is 1110 g/mol. The molecular weight excluding hydrogens is 973 g/mol. The van der Waals surface area contributed by atoms with Crippen LogP contribution in [-0.2, 0) is 28.6 Å². The van der Waals surface area contributed by atoms with Crippen molar-refractivity contribution in [3.8, 4) is 0 Å². The molecule has 0 aromatic carbocycles. The van der Waals surface area contributed by atoms with E-state index in [1.807, 2.05) is 0 Å². The van der Waals surface area contributed by atoms with Crippen molar-refractivity contribution in [3.05, 3.63) is 48.6 Å². The van der Waals surface area contributed by atoms with Crippen LogP contribution in [0, 0.1) is 0 Å². The van der Waals surface area contributed by atoms with Crippen molar-refractivity contribution in [2.24, 2.45) is 0 Å². The predicted molar refractivity (Wildman–Crippen MR) is 344 cm³/mol. The Bertz CT molecular complexity index is 1360. The summed E-state index contributed by atoms with van der Waals surface area (Å²) in [7, 11) is 0. The van der Waals surface area contributed by atoms with Crippen molar-refractivity contribution in [3.63, 3.8) is 0 Å². The maximum Gasteiger partial charge on any atom is 0.306 e. The second-order valence-corrected chi connectivity index (χ2v) is 23.8. The molecule has 0 aliphatic carbocycles. The van der Waals surface area contributed by atoms with E-state index in [2.05, 4.69) is 69.4 Å². The number of allylic oxidation sites excluding steroid dienone is 8. The Balaban J connectivity index is 4.15. The van der Waals surface area contributed by atoms with Gasteiger partial charge in [-0.15, -0.1) is 0 Å². The molecule has 0 saturated carbocycles. The molecule has 0 amide bonds. The van der Waals surface area contributed by atoms with E-state index in [-0.39, 0.29) is 31.1 Å². The van der Waals surface area contributed by atoms with Gasteiger partial charge >= 0.3 is 17.9 Å². The van der Waals surface area contributed by atoms with E-state index in [9.17, 15) is 14.4 Å². The van der Waals surface area contributed by atoms with Crippen molar-refractivity contribution in [1.29, 1.82) is 0 Å². The summed E-state index contributed by atoms with van der Waals surface area (Å²) in [6, 6.07) is 0. The Morgan fingerprint density at radius 3 is 0.759 bits per heavy atom. The highest BCUT2D eigenvalue weighted by molar-refractivity contribution is 5.71. The van der Waals surface area contributed by atoms with Crippen LogP contribution in [0.15, 0.2) is 48.6 Å². The summed E-state index contributed by atoms with van der Waals surface area (Å²) in [5, 5.41) is 0. The number of hydrogen-bond donors (Lipinski definition) is 0. The molecule has 0 spiro atoms. The van der Waals surface area contributed by atoms with Gasteiger partial charge in [0.25, 0.3) is 0 Å². The van der Waals surface area contributed by atoms with Crippen LogP contribution in [0.2, 0.25) is 0 Å². The molecule has 0 aliphatic heterocycles.